The lowest BCUT2D eigenvalue weighted by atomic mass is 9.48. The summed E-state index contributed by atoms with van der Waals surface area (Å²) in [6.45, 7) is 29.0. The van der Waals surface area contributed by atoms with E-state index in [1.54, 1.807) is 41.5 Å². The molecule has 1 saturated heterocycles. The molecule has 0 aromatic heterocycles. The van der Waals surface area contributed by atoms with E-state index in [9.17, 15) is 28.8 Å². The van der Waals surface area contributed by atoms with Gasteiger partial charge in [0.1, 0.15) is 46.8 Å². The van der Waals surface area contributed by atoms with Gasteiger partial charge in [0.05, 0.1) is 37.5 Å². The van der Waals surface area contributed by atoms with Crippen LogP contribution in [0, 0.1) is 11.8 Å². The Hall–Kier alpha value is -4.58. The van der Waals surface area contributed by atoms with Crippen LogP contribution in [0.1, 0.15) is 133 Å². The van der Waals surface area contributed by atoms with Gasteiger partial charge in [-0.3, -0.25) is 14.5 Å². The highest BCUT2D eigenvalue weighted by Gasteiger charge is 2.76. The first-order valence-electron chi connectivity index (χ1n) is 23.7. The summed E-state index contributed by atoms with van der Waals surface area (Å²) in [5.74, 6) is -2.14. The van der Waals surface area contributed by atoms with Crippen LogP contribution in [-0.4, -0.2) is 123 Å². The van der Waals surface area contributed by atoms with Crippen molar-refractivity contribution < 1.29 is 66.4 Å². The largest absolute Gasteiger partial charge is 0.541 e. The van der Waals surface area contributed by atoms with Crippen molar-refractivity contribution in [3.63, 3.8) is 0 Å². The van der Waals surface area contributed by atoms with E-state index in [0.29, 0.717) is 30.9 Å². The van der Waals surface area contributed by atoms with Gasteiger partial charge >= 0.3 is 36.1 Å². The molecule has 67 heavy (non-hydrogen) atoms. The summed E-state index contributed by atoms with van der Waals surface area (Å²) in [5, 5.41) is 4.88. The molecule has 2 heterocycles. The molecular weight excluding hydrogens is 883 g/mol. The number of carbonyl (C=O) groups excluding carboxylic acids is 6. The topological polar surface area (TPSA) is 204 Å². The van der Waals surface area contributed by atoms with Crippen LogP contribution in [-0.2, 0) is 59.4 Å². The van der Waals surface area contributed by atoms with Crippen LogP contribution in [0.25, 0.3) is 0 Å². The molecule has 2 bridgehead atoms. The number of carbonyl (C=O) groups is 6. The third-order valence-electron chi connectivity index (χ3n) is 13.2. The van der Waals surface area contributed by atoms with Gasteiger partial charge in [0.2, 0.25) is 0 Å². The van der Waals surface area contributed by atoms with Crippen molar-refractivity contribution in [2.24, 2.45) is 11.8 Å². The standard InChI is InChI=1S/C49H77N3O14Si/c1-28(2)26-59-41(55)31(50-43(57)64-45(5,6)7)24-36(53)61-34-19-20-49(63-37(54)25-32(42(56)60-27-29(3)4)51-44(58)65-46(8,9)10)35-23-30-17-18-33(66-67(15,16)47(11,12)13)39-38(30)48(49,40(34)62-39)21-22-52(35)14/h17-18,28-29,31-32,34-35,40H,19-27H2,1-16H3,(H,50,57)(H,51,58)/t31-,32-,34?,35+,40-,48-,49+/m0/s1. The first kappa shape index (κ1) is 53.4. The van der Waals surface area contributed by atoms with E-state index >= 15 is 0 Å². The van der Waals surface area contributed by atoms with E-state index in [1.165, 1.54) is 0 Å². The SMILES string of the molecule is CC(C)COC(=O)[C@H](CC(=O)OC1CC[C@@]2(OC(=O)C[C@H](NC(=O)OC(C)(C)C)C(=O)OCC(C)C)[C@H]3Cc4ccc(O[Si](C)(C)C(C)(C)C)c5c4[C@@]2(CCN3C)[C@H]1O5)NC(=O)OC(C)(C)C. The minimum Gasteiger partial charge on any atom is -0.541 e. The minimum absolute atomic E-state index is 0.00910. The number of nitrogens with one attached hydrogen (secondary N) is 2. The van der Waals surface area contributed by atoms with E-state index in [4.69, 9.17) is 37.6 Å². The number of likely N-dealkylation sites (tertiary alicyclic amines) is 1. The van der Waals surface area contributed by atoms with Crippen LogP contribution in [0.4, 0.5) is 9.59 Å². The number of rotatable bonds is 16. The molecule has 2 aliphatic carbocycles. The van der Waals surface area contributed by atoms with Crippen molar-refractivity contribution in [1.29, 1.82) is 0 Å². The minimum atomic E-state index is -2.47. The molecule has 1 aromatic rings. The molecule has 5 rings (SSSR count). The molecule has 1 aromatic carbocycles. The van der Waals surface area contributed by atoms with Gasteiger partial charge in [0, 0.05) is 5.56 Å². The second kappa shape index (κ2) is 19.8. The van der Waals surface area contributed by atoms with E-state index in [1.807, 2.05) is 46.9 Å². The Kier molecular flexibility index (Phi) is 15.8. The average Bonchev–Trinajstić information content (AvgIpc) is 3.53. The Morgan fingerprint density at radius 2 is 1.31 bits per heavy atom. The van der Waals surface area contributed by atoms with E-state index < -0.39 is 104 Å². The van der Waals surface area contributed by atoms with Crippen LogP contribution in [0.5, 0.6) is 11.5 Å². The van der Waals surface area contributed by atoms with Crippen molar-refractivity contribution >= 4 is 44.4 Å². The van der Waals surface area contributed by atoms with Gasteiger partial charge in [-0.25, -0.2) is 19.2 Å². The number of nitrogens with zero attached hydrogens (tertiary/aromatic N) is 1. The summed E-state index contributed by atoms with van der Waals surface area (Å²) in [6.07, 6.45) is -3.41. The lowest BCUT2D eigenvalue weighted by Crippen LogP contribution is -2.78. The maximum Gasteiger partial charge on any atom is 0.408 e. The quantitative estimate of drug-likeness (QED) is 0.0950. The first-order valence-corrected chi connectivity index (χ1v) is 26.7. The number of benzene rings is 1. The molecule has 2 amide bonds. The van der Waals surface area contributed by atoms with Gasteiger partial charge in [-0.15, -0.1) is 0 Å². The van der Waals surface area contributed by atoms with Crippen molar-refractivity contribution in [2.75, 3.05) is 26.8 Å². The van der Waals surface area contributed by atoms with E-state index in [2.05, 4.69) is 49.4 Å². The van der Waals surface area contributed by atoms with E-state index in [0.717, 1.165) is 11.1 Å². The zero-order chi connectivity index (χ0) is 50.2. The van der Waals surface area contributed by atoms with Gasteiger partial charge in [0.25, 0.3) is 8.32 Å². The molecule has 17 nitrogen and oxygen atoms in total. The van der Waals surface area contributed by atoms with Crippen LogP contribution in [0.15, 0.2) is 12.1 Å². The van der Waals surface area contributed by atoms with Crippen molar-refractivity contribution in [1.82, 2.24) is 15.5 Å². The third-order valence-corrected chi connectivity index (χ3v) is 17.5. The summed E-state index contributed by atoms with van der Waals surface area (Å²) in [7, 11) is -0.484. The predicted molar refractivity (Wildman–Crippen MR) is 250 cm³/mol. The number of ether oxygens (including phenoxy) is 7. The number of esters is 4. The highest BCUT2D eigenvalue weighted by molar-refractivity contribution is 6.74. The summed E-state index contributed by atoms with van der Waals surface area (Å²) in [6, 6.07) is 0.762. The lowest BCUT2D eigenvalue weighted by molar-refractivity contribution is -0.232. The zero-order valence-corrected chi connectivity index (χ0v) is 43.7. The number of likely N-dealkylation sites (N-methyl/N-ethyl adjacent to an activating group) is 1. The molecule has 18 heteroatoms. The van der Waals surface area contributed by atoms with Crippen LogP contribution < -0.4 is 19.8 Å². The number of hydrogen-bond acceptors (Lipinski definition) is 15. The highest BCUT2D eigenvalue weighted by atomic mass is 28.4. The molecule has 0 radical (unpaired) electrons. The van der Waals surface area contributed by atoms with Crippen molar-refractivity contribution in [3.05, 3.63) is 23.3 Å². The smallest absolute Gasteiger partial charge is 0.408 e. The molecule has 7 atom stereocenters. The number of piperidine rings is 1. The molecule has 376 valence electrons. The number of alkyl carbamates (subject to hydrolysis) is 2. The summed E-state index contributed by atoms with van der Waals surface area (Å²) >= 11 is 0. The van der Waals surface area contributed by atoms with E-state index in [-0.39, 0.29) is 49.0 Å². The number of amides is 2. The predicted octanol–water partition coefficient (Wildman–Crippen LogP) is 7.28. The Morgan fingerprint density at radius 1 is 0.791 bits per heavy atom. The second-order valence-corrected chi connectivity index (χ2v) is 27.8. The van der Waals surface area contributed by atoms with Gasteiger partial charge < -0.3 is 48.2 Å². The third kappa shape index (κ3) is 12.0. The molecule has 2 N–H and O–H groups in total. The zero-order valence-electron chi connectivity index (χ0n) is 42.7. The average molecular weight is 960 g/mol. The Morgan fingerprint density at radius 3 is 1.81 bits per heavy atom. The number of hydrogen-bond donors (Lipinski definition) is 2. The van der Waals surface area contributed by atoms with Crippen LogP contribution in [0.3, 0.4) is 0 Å². The monoisotopic (exact) mass is 960 g/mol. The van der Waals surface area contributed by atoms with Crippen molar-refractivity contribution in [3.8, 4) is 11.5 Å². The Bertz CT molecular complexity index is 2040. The molecule has 1 unspecified atom stereocenters. The second-order valence-electron chi connectivity index (χ2n) is 23.0. The van der Waals surface area contributed by atoms with Gasteiger partial charge in [-0.1, -0.05) is 54.5 Å². The summed E-state index contributed by atoms with van der Waals surface area (Å²) in [5.41, 5.74) is -2.33. The fraction of sp³-hybridized carbons (Fsp3) is 0.755. The Labute approximate surface area is 397 Å². The fourth-order valence-corrected chi connectivity index (χ4v) is 10.3. The van der Waals surface area contributed by atoms with Crippen LogP contribution in [0.2, 0.25) is 18.1 Å². The normalized spacial score (nSPS) is 24.3. The van der Waals surface area contributed by atoms with Crippen molar-refractivity contribution in [2.45, 2.75) is 199 Å². The maximum atomic E-state index is 14.7. The first-order chi connectivity index (χ1) is 30.8. The van der Waals surface area contributed by atoms with Gasteiger partial charge in [0.15, 0.2) is 5.75 Å². The van der Waals surface area contributed by atoms with Gasteiger partial charge in [-0.2, -0.15) is 0 Å². The van der Waals surface area contributed by atoms with Gasteiger partial charge in [-0.05, 0) is 122 Å². The summed E-state index contributed by atoms with van der Waals surface area (Å²) < 4.78 is 49.2. The van der Waals surface area contributed by atoms with Crippen LogP contribution >= 0.6 is 0 Å². The fourth-order valence-electron chi connectivity index (χ4n) is 9.28. The lowest BCUT2D eigenvalue weighted by Gasteiger charge is -2.64. The maximum absolute atomic E-state index is 14.7. The molecule has 4 aliphatic rings. The molecular formula is C49H77N3O14Si. The summed E-state index contributed by atoms with van der Waals surface area (Å²) in [4.78, 5) is 84.0. The molecule has 1 saturated carbocycles. The molecule has 1 spiro atoms. The Balaban J connectivity index is 1.56. The molecule has 2 aliphatic heterocycles. The molecule has 2 fully saturated rings. The highest BCUT2D eigenvalue weighted by Crippen LogP contribution is 2.67.